The van der Waals surface area contributed by atoms with Crippen molar-refractivity contribution in [2.45, 2.75) is 155 Å². The summed E-state index contributed by atoms with van der Waals surface area (Å²) in [5.41, 5.74) is 0. The lowest BCUT2D eigenvalue weighted by Crippen LogP contribution is -2.43. The zero-order valence-corrected chi connectivity index (χ0v) is 23.3. The summed E-state index contributed by atoms with van der Waals surface area (Å²) < 4.78 is 35.8. The second-order valence-corrected chi connectivity index (χ2v) is 12.7. The van der Waals surface area contributed by atoms with Crippen LogP contribution in [0.25, 0.3) is 0 Å². The molecule has 4 unspecified atom stereocenters. The predicted octanol–water partition coefficient (Wildman–Crippen LogP) is 10.3. The van der Waals surface area contributed by atoms with E-state index < -0.39 is 12.3 Å². The van der Waals surface area contributed by atoms with Crippen LogP contribution < -0.4 is 0 Å². The van der Waals surface area contributed by atoms with Crippen molar-refractivity contribution in [3.05, 3.63) is 0 Å². The van der Waals surface area contributed by atoms with Crippen LogP contribution in [0.3, 0.4) is 0 Å². The van der Waals surface area contributed by atoms with Gasteiger partial charge < -0.3 is 4.74 Å². The van der Waals surface area contributed by atoms with E-state index in [0.717, 1.165) is 62.7 Å². The van der Waals surface area contributed by atoms with Crippen molar-refractivity contribution >= 4 is 0 Å². The van der Waals surface area contributed by atoms with Crippen molar-refractivity contribution in [1.29, 1.82) is 0 Å². The molecule has 1 nitrogen and oxygen atoms in total. The highest BCUT2D eigenvalue weighted by Crippen LogP contribution is 2.47. The minimum Gasteiger partial charge on any atom is -0.381 e. The van der Waals surface area contributed by atoms with Gasteiger partial charge >= 0.3 is 0 Å². The SMILES string of the molecule is CCCCCCCCC1CCC(C2CCC(C3CCC(COCCCCC)C(F)C3F)CC2)CC1. The van der Waals surface area contributed by atoms with Crippen molar-refractivity contribution < 1.29 is 13.5 Å². The van der Waals surface area contributed by atoms with E-state index in [1.807, 2.05) is 0 Å². The van der Waals surface area contributed by atoms with Gasteiger partial charge in [0.1, 0.15) is 12.3 Å². The average Bonchev–Trinajstić information content (AvgIpc) is 2.89. The lowest BCUT2D eigenvalue weighted by atomic mass is 9.64. The van der Waals surface area contributed by atoms with Crippen molar-refractivity contribution in [2.75, 3.05) is 13.2 Å². The minimum atomic E-state index is -1.32. The Balaban J connectivity index is 1.29. The molecule has 3 heteroatoms. The second kappa shape index (κ2) is 16.6. The molecule has 4 atom stereocenters. The van der Waals surface area contributed by atoms with Gasteiger partial charge in [-0.15, -0.1) is 0 Å². The summed E-state index contributed by atoms with van der Waals surface area (Å²) >= 11 is 0. The fourth-order valence-electron chi connectivity index (χ4n) is 7.79. The second-order valence-electron chi connectivity index (χ2n) is 12.7. The molecule has 0 aromatic carbocycles. The number of hydrogen-bond acceptors (Lipinski definition) is 1. The number of rotatable bonds is 15. The topological polar surface area (TPSA) is 9.23 Å². The van der Waals surface area contributed by atoms with Crippen molar-refractivity contribution in [3.8, 4) is 0 Å². The maximum atomic E-state index is 15.2. The molecule has 0 heterocycles. The van der Waals surface area contributed by atoms with Gasteiger partial charge in [0.05, 0.1) is 6.61 Å². The van der Waals surface area contributed by atoms with Crippen LogP contribution in [0.4, 0.5) is 8.78 Å². The first-order chi connectivity index (χ1) is 17.1. The average molecular weight is 497 g/mol. The highest BCUT2D eigenvalue weighted by atomic mass is 19.2. The molecule has 0 N–H and O–H groups in total. The summed E-state index contributed by atoms with van der Waals surface area (Å²) in [7, 11) is 0. The molecule has 0 amide bonds. The molecule has 3 aliphatic rings. The van der Waals surface area contributed by atoms with Crippen LogP contribution in [-0.4, -0.2) is 25.6 Å². The number of alkyl halides is 2. The third kappa shape index (κ3) is 9.57. The Labute approximate surface area is 216 Å². The highest BCUT2D eigenvalue weighted by Gasteiger charge is 2.44. The zero-order valence-electron chi connectivity index (χ0n) is 23.3. The van der Waals surface area contributed by atoms with E-state index in [1.165, 1.54) is 83.5 Å². The maximum Gasteiger partial charge on any atom is 0.136 e. The van der Waals surface area contributed by atoms with Crippen LogP contribution in [0, 0.1) is 35.5 Å². The van der Waals surface area contributed by atoms with Crippen LogP contribution in [-0.2, 0) is 4.74 Å². The lowest BCUT2D eigenvalue weighted by molar-refractivity contribution is -0.0425. The van der Waals surface area contributed by atoms with E-state index in [4.69, 9.17) is 4.74 Å². The summed E-state index contributed by atoms with van der Waals surface area (Å²) in [6.45, 7) is 5.57. The summed E-state index contributed by atoms with van der Waals surface area (Å²) in [5, 5.41) is 0. The van der Waals surface area contributed by atoms with Crippen LogP contribution >= 0.6 is 0 Å². The Hall–Kier alpha value is -0.180. The van der Waals surface area contributed by atoms with Gasteiger partial charge in [0, 0.05) is 12.5 Å². The number of hydrogen-bond donors (Lipinski definition) is 0. The summed E-state index contributed by atoms with van der Waals surface area (Å²) in [6, 6.07) is 0. The molecule has 3 saturated carbocycles. The first-order valence-corrected chi connectivity index (χ1v) is 16.0. The van der Waals surface area contributed by atoms with Gasteiger partial charge in [0.2, 0.25) is 0 Å². The maximum absolute atomic E-state index is 15.2. The molecule has 35 heavy (non-hydrogen) atoms. The smallest absolute Gasteiger partial charge is 0.136 e. The monoisotopic (exact) mass is 496 g/mol. The normalized spacial score (nSPS) is 36.3. The molecule has 0 bridgehead atoms. The minimum absolute atomic E-state index is 0.0460. The first-order valence-electron chi connectivity index (χ1n) is 16.0. The number of halogens is 2. The molecule has 3 aliphatic carbocycles. The molecular weight excluding hydrogens is 438 g/mol. The Morgan fingerprint density at radius 1 is 0.571 bits per heavy atom. The van der Waals surface area contributed by atoms with Gasteiger partial charge in [-0.3, -0.25) is 0 Å². The van der Waals surface area contributed by atoms with Gasteiger partial charge in [-0.1, -0.05) is 84.5 Å². The number of unbranched alkanes of at least 4 members (excludes halogenated alkanes) is 7. The molecule has 0 spiro atoms. The van der Waals surface area contributed by atoms with Crippen molar-refractivity contribution in [1.82, 2.24) is 0 Å². The van der Waals surface area contributed by atoms with E-state index in [2.05, 4.69) is 13.8 Å². The van der Waals surface area contributed by atoms with Crippen LogP contribution in [0.1, 0.15) is 142 Å². The zero-order chi connectivity index (χ0) is 24.9. The molecule has 0 aromatic heterocycles. The summed E-state index contributed by atoms with van der Waals surface area (Å²) in [4.78, 5) is 0. The van der Waals surface area contributed by atoms with E-state index in [1.54, 1.807) is 0 Å². The highest BCUT2D eigenvalue weighted by molar-refractivity contribution is 4.93. The quantitative estimate of drug-likeness (QED) is 0.205. The van der Waals surface area contributed by atoms with Gasteiger partial charge in [-0.2, -0.15) is 0 Å². The molecule has 0 saturated heterocycles. The van der Waals surface area contributed by atoms with Crippen LogP contribution in [0.2, 0.25) is 0 Å². The standard InChI is InChI=1S/C32H58F2O/c1-3-5-7-8-9-10-12-25-13-15-26(16-14-25)27-17-19-28(20-18-27)30-22-21-29(31(33)32(30)34)24-35-23-11-6-4-2/h25-32H,3-24H2,1-2H3. The van der Waals surface area contributed by atoms with E-state index in [0.29, 0.717) is 19.1 Å². The van der Waals surface area contributed by atoms with Gasteiger partial charge in [-0.25, -0.2) is 8.78 Å². The Morgan fingerprint density at radius 3 is 1.83 bits per heavy atom. The fourth-order valence-corrected chi connectivity index (χ4v) is 7.79. The van der Waals surface area contributed by atoms with Gasteiger partial charge in [0.25, 0.3) is 0 Å². The molecule has 3 fully saturated rings. The summed E-state index contributed by atoms with van der Waals surface area (Å²) in [6.07, 6.45) is 22.9. The molecule has 0 aromatic rings. The largest absolute Gasteiger partial charge is 0.381 e. The lowest BCUT2D eigenvalue weighted by Gasteiger charge is -2.43. The third-order valence-corrected chi connectivity index (χ3v) is 10.2. The first kappa shape index (κ1) is 29.4. The van der Waals surface area contributed by atoms with E-state index in [-0.39, 0.29) is 11.8 Å². The van der Waals surface area contributed by atoms with Crippen molar-refractivity contribution in [2.24, 2.45) is 35.5 Å². The Bertz CT molecular complexity index is 524. The molecule has 3 rings (SSSR count). The third-order valence-electron chi connectivity index (χ3n) is 10.2. The Kier molecular flexibility index (Phi) is 13.9. The molecule has 0 aliphatic heterocycles. The van der Waals surface area contributed by atoms with Gasteiger partial charge in [0.15, 0.2) is 0 Å². The molecule has 206 valence electrons. The van der Waals surface area contributed by atoms with Crippen LogP contribution in [0.5, 0.6) is 0 Å². The molecule has 0 radical (unpaired) electrons. The van der Waals surface area contributed by atoms with Gasteiger partial charge in [-0.05, 0) is 87.4 Å². The fraction of sp³-hybridized carbons (Fsp3) is 1.00. The predicted molar refractivity (Wildman–Crippen MR) is 145 cm³/mol. The van der Waals surface area contributed by atoms with E-state index >= 15 is 4.39 Å². The number of ether oxygens (including phenoxy) is 1. The van der Waals surface area contributed by atoms with Crippen molar-refractivity contribution in [3.63, 3.8) is 0 Å². The van der Waals surface area contributed by atoms with E-state index in [9.17, 15) is 4.39 Å². The van der Waals surface area contributed by atoms with Crippen LogP contribution in [0.15, 0.2) is 0 Å². The molecular formula is C32H58F2O. The summed E-state index contributed by atoms with van der Waals surface area (Å²) in [5.74, 6) is 2.88. The Morgan fingerprint density at radius 2 is 1.14 bits per heavy atom.